The van der Waals surface area contributed by atoms with Crippen LogP contribution in [0.25, 0.3) is 0 Å². The van der Waals surface area contributed by atoms with Crippen molar-refractivity contribution in [2.45, 2.75) is 32.6 Å². The van der Waals surface area contributed by atoms with Crippen LogP contribution in [0.5, 0.6) is 0 Å². The number of rotatable bonds is 3. The molecule has 1 fully saturated rings. The Hall–Kier alpha value is -0.300. The predicted octanol–water partition coefficient (Wildman–Crippen LogP) is 2.34. The summed E-state index contributed by atoms with van der Waals surface area (Å²) in [5.41, 5.74) is 0. The zero-order valence-corrected chi connectivity index (χ0v) is 7.47. The molecule has 0 aromatic rings. The standard InChI is InChI=1S/C10H19N/c1-2-3-4-6-10-7-5-8-11-9-10/h2-3,10-11H,4-9H2,1H3. The Morgan fingerprint density at radius 2 is 2.45 bits per heavy atom. The molecule has 0 aliphatic carbocycles. The summed E-state index contributed by atoms with van der Waals surface area (Å²) in [6.07, 6.45) is 9.87. The van der Waals surface area contributed by atoms with Gasteiger partial charge in [0.25, 0.3) is 0 Å². The Balaban J connectivity index is 2.04. The van der Waals surface area contributed by atoms with Crippen LogP contribution in [0.4, 0.5) is 0 Å². The van der Waals surface area contributed by atoms with Crippen LogP contribution < -0.4 is 5.32 Å². The Bertz CT molecular complexity index is 112. The average molecular weight is 153 g/mol. The summed E-state index contributed by atoms with van der Waals surface area (Å²) in [7, 11) is 0. The minimum absolute atomic E-state index is 0.944. The Morgan fingerprint density at radius 1 is 1.55 bits per heavy atom. The molecule has 1 N–H and O–H groups in total. The highest BCUT2D eigenvalue weighted by Crippen LogP contribution is 2.15. The first-order valence-corrected chi connectivity index (χ1v) is 4.75. The lowest BCUT2D eigenvalue weighted by Crippen LogP contribution is -2.29. The zero-order chi connectivity index (χ0) is 7.94. The number of piperidine rings is 1. The Kier molecular flexibility index (Phi) is 4.29. The zero-order valence-electron chi connectivity index (χ0n) is 7.47. The second-order valence-corrected chi connectivity index (χ2v) is 3.36. The molecule has 0 saturated carbocycles. The van der Waals surface area contributed by atoms with E-state index in [1.807, 2.05) is 0 Å². The van der Waals surface area contributed by atoms with Crippen molar-refractivity contribution in [3.05, 3.63) is 12.2 Å². The molecule has 1 heteroatoms. The number of allylic oxidation sites excluding steroid dienone is 2. The first kappa shape index (κ1) is 8.79. The third-order valence-electron chi connectivity index (χ3n) is 2.38. The molecule has 0 aromatic heterocycles. The highest BCUT2D eigenvalue weighted by atomic mass is 14.9. The minimum Gasteiger partial charge on any atom is -0.316 e. The Labute approximate surface area is 69.9 Å². The predicted molar refractivity (Wildman–Crippen MR) is 49.6 cm³/mol. The van der Waals surface area contributed by atoms with Crippen LogP contribution in [-0.2, 0) is 0 Å². The first-order chi connectivity index (χ1) is 5.43. The summed E-state index contributed by atoms with van der Waals surface area (Å²) >= 11 is 0. The van der Waals surface area contributed by atoms with Gasteiger partial charge in [0.05, 0.1) is 0 Å². The van der Waals surface area contributed by atoms with Crippen LogP contribution in [-0.4, -0.2) is 13.1 Å². The van der Waals surface area contributed by atoms with Crippen molar-refractivity contribution >= 4 is 0 Å². The molecule has 1 rings (SSSR count). The van der Waals surface area contributed by atoms with Gasteiger partial charge in [0.15, 0.2) is 0 Å². The molecule has 0 bridgehead atoms. The fraction of sp³-hybridized carbons (Fsp3) is 0.800. The van der Waals surface area contributed by atoms with E-state index < -0.39 is 0 Å². The summed E-state index contributed by atoms with van der Waals surface area (Å²) in [6.45, 7) is 4.58. The highest BCUT2D eigenvalue weighted by molar-refractivity contribution is 4.79. The van der Waals surface area contributed by atoms with E-state index in [-0.39, 0.29) is 0 Å². The molecule has 1 heterocycles. The topological polar surface area (TPSA) is 12.0 Å². The summed E-state index contributed by atoms with van der Waals surface area (Å²) in [5.74, 6) is 0.944. The molecule has 1 atom stereocenters. The molecule has 0 aromatic carbocycles. The maximum absolute atomic E-state index is 3.44. The molecule has 1 aliphatic rings. The van der Waals surface area contributed by atoms with Crippen molar-refractivity contribution in [1.82, 2.24) is 5.32 Å². The van der Waals surface area contributed by atoms with Gasteiger partial charge in [0.2, 0.25) is 0 Å². The minimum atomic E-state index is 0.944. The van der Waals surface area contributed by atoms with E-state index in [4.69, 9.17) is 0 Å². The van der Waals surface area contributed by atoms with Crippen LogP contribution in [0, 0.1) is 5.92 Å². The normalized spacial score (nSPS) is 26.1. The van der Waals surface area contributed by atoms with E-state index in [0.717, 1.165) is 5.92 Å². The molecule has 0 radical (unpaired) electrons. The second-order valence-electron chi connectivity index (χ2n) is 3.36. The van der Waals surface area contributed by atoms with Gasteiger partial charge in [0, 0.05) is 0 Å². The van der Waals surface area contributed by atoms with Crippen LogP contribution in [0.1, 0.15) is 32.6 Å². The van der Waals surface area contributed by atoms with Crippen LogP contribution in [0.2, 0.25) is 0 Å². The van der Waals surface area contributed by atoms with E-state index in [0.29, 0.717) is 0 Å². The number of nitrogens with one attached hydrogen (secondary N) is 1. The van der Waals surface area contributed by atoms with Crippen LogP contribution in [0.15, 0.2) is 12.2 Å². The van der Waals surface area contributed by atoms with Crippen molar-refractivity contribution in [2.24, 2.45) is 5.92 Å². The third kappa shape index (κ3) is 3.57. The van der Waals surface area contributed by atoms with Crippen molar-refractivity contribution < 1.29 is 0 Å². The second kappa shape index (κ2) is 5.36. The quantitative estimate of drug-likeness (QED) is 0.614. The summed E-state index contributed by atoms with van der Waals surface area (Å²) in [4.78, 5) is 0. The van der Waals surface area contributed by atoms with Crippen molar-refractivity contribution in [3.63, 3.8) is 0 Å². The summed E-state index contributed by atoms with van der Waals surface area (Å²) < 4.78 is 0. The fourth-order valence-electron chi connectivity index (χ4n) is 1.67. The van der Waals surface area contributed by atoms with Crippen LogP contribution in [0.3, 0.4) is 0 Å². The number of hydrogen-bond donors (Lipinski definition) is 1. The lowest BCUT2D eigenvalue weighted by atomic mass is 9.95. The molecular weight excluding hydrogens is 134 g/mol. The van der Waals surface area contributed by atoms with E-state index in [9.17, 15) is 0 Å². The first-order valence-electron chi connectivity index (χ1n) is 4.75. The van der Waals surface area contributed by atoms with Gasteiger partial charge in [-0.05, 0) is 51.6 Å². The number of hydrogen-bond acceptors (Lipinski definition) is 1. The monoisotopic (exact) mass is 153 g/mol. The molecule has 1 aliphatic heterocycles. The van der Waals surface area contributed by atoms with Gasteiger partial charge >= 0.3 is 0 Å². The average Bonchev–Trinajstić information content (AvgIpc) is 2.07. The lowest BCUT2D eigenvalue weighted by Gasteiger charge is -2.21. The van der Waals surface area contributed by atoms with E-state index >= 15 is 0 Å². The van der Waals surface area contributed by atoms with Gasteiger partial charge in [-0.1, -0.05) is 12.2 Å². The van der Waals surface area contributed by atoms with E-state index in [1.165, 1.54) is 38.8 Å². The molecule has 1 unspecified atom stereocenters. The van der Waals surface area contributed by atoms with Crippen molar-refractivity contribution in [3.8, 4) is 0 Å². The molecule has 11 heavy (non-hydrogen) atoms. The van der Waals surface area contributed by atoms with Crippen LogP contribution >= 0.6 is 0 Å². The van der Waals surface area contributed by atoms with Crippen molar-refractivity contribution in [1.29, 1.82) is 0 Å². The molecule has 0 amide bonds. The highest BCUT2D eigenvalue weighted by Gasteiger charge is 2.10. The fourth-order valence-corrected chi connectivity index (χ4v) is 1.67. The molecule has 1 saturated heterocycles. The molecular formula is C10H19N. The largest absolute Gasteiger partial charge is 0.316 e. The summed E-state index contributed by atoms with van der Waals surface area (Å²) in [5, 5.41) is 3.44. The van der Waals surface area contributed by atoms with E-state index in [1.54, 1.807) is 0 Å². The van der Waals surface area contributed by atoms with Gasteiger partial charge in [-0.15, -0.1) is 0 Å². The van der Waals surface area contributed by atoms with Gasteiger partial charge in [-0.2, -0.15) is 0 Å². The van der Waals surface area contributed by atoms with Gasteiger partial charge in [0.1, 0.15) is 0 Å². The molecule has 64 valence electrons. The molecule has 0 spiro atoms. The van der Waals surface area contributed by atoms with Crippen molar-refractivity contribution in [2.75, 3.05) is 13.1 Å². The van der Waals surface area contributed by atoms with Gasteiger partial charge < -0.3 is 5.32 Å². The third-order valence-corrected chi connectivity index (χ3v) is 2.38. The van der Waals surface area contributed by atoms with Gasteiger partial charge in [-0.3, -0.25) is 0 Å². The smallest absolute Gasteiger partial charge is 0.00204 e. The molecule has 1 nitrogen and oxygen atoms in total. The Morgan fingerprint density at radius 3 is 3.09 bits per heavy atom. The SMILES string of the molecule is CC=CCCC1CCCNC1. The maximum atomic E-state index is 3.44. The van der Waals surface area contributed by atoms with Gasteiger partial charge in [-0.25, -0.2) is 0 Å². The maximum Gasteiger partial charge on any atom is -0.00204 e. The summed E-state index contributed by atoms with van der Waals surface area (Å²) in [6, 6.07) is 0. The lowest BCUT2D eigenvalue weighted by molar-refractivity contribution is 0.360. The van der Waals surface area contributed by atoms with E-state index in [2.05, 4.69) is 24.4 Å².